The summed E-state index contributed by atoms with van der Waals surface area (Å²) >= 11 is 7.52. The van der Waals surface area contributed by atoms with Crippen molar-refractivity contribution in [2.45, 2.75) is 29.7 Å². The van der Waals surface area contributed by atoms with Crippen molar-refractivity contribution < 1.29 is 4.42 Å². The molecule has 2 aromatic rings. The van der Waals surface area contributed by atoms with E-state index in [1.165, 1.54) is 0 Å². The monoisotopic (exact) mass is 345 g/mol. The third-order valence-corrected chi connectivity index (χ3v) is 4.49. The predicted molar refractivity (Wildman–Crippen MR) is 87.4 cm³/mol. The van der Waals surface area contributed by atoms with Crippen molar-refractivity contribution in [3.8, 4) is 0 Å². The molecule has 0 radical (unpaired) electrons. The normalized spacial score (nSPS) is 15.7. The van der Waals surface area contributed by atoms with E-state index < -0.39 is 0 Å². The van der Waals surface area contributed by atoms with Crippen LogP contribution in [0.4, 0.5) is 0 Å². The molecule has 7 heteroatoms. The average Bonchev–Trinajstić information content (AvgIpc) is 2.95. The molecule has 4 nitrogen and oxygen atoms in total. The highest BCUT2D eigenvalue weighted by molar-refractivity contribution is 7.98. The maximum Gasteiger partial charge on any atom is 0.276 e. The molecule has 1 saturated heterocycles. The highest BCUT2D eigenvalue weighted by Crippen LogP contribution is 2.28. The number of aromatic nitrogens is 2. The maximum absolute atomic E-state index is 5.97. The Bertz CT molecular complexity index is 573. The van der Waals surface area contributed by atoms with Gasteiger partial charge in [0.25, 0.3) is 5.22 Å². The Morgan fingerprint density at radius 3 is 2.86 bits per heavy atom. The number of halogens is 2. The topological polar surface area (TPSA) is 51.0 Å². The molecular weight excluding hydrogens is 329 g/mol. The van der Waals surface area contributed by atoms with Crippen molar-refractivity contribution in [2.24, 2.45) is 0 Å². The zero-order valence-corrected chi connectivity index (χ0v) is 13.8. The van der Waals surface area contributed by atoms with E-state index in [9.17, 15) is 0 Å². The predicted octanol–water partition coefficient (Wildman–Crippen LogP) is 3.90. The van der Waals surface area contributed by atoms with Crippen LogP contribution in [-0.4, -0.2) is 23.3 Å². The fourth-order valence-corrected chi connectivity index (χ4v) is 3.21. The number of nitrogens with zero attached hydrogens (tertiary/aromatic N) is 2. The first-order valence-corrected chi connectivity index (χ1v) is 8.09. The van der Waals surface area contributed by atoms with Gasteiger partial charge in [0.15, 0.2) is 0 Å². The SMILES string of the molecule is Cl.Clc1cccc(CSc2nnc(C3CCNCC3)o2)c1. The third kappa shape index (κ3) is 4.61. The lowest BCUT2D eigenvalue weighted by molar-refractivity contribution is 0.342. The lowest BCUT2D eigenvalue weighted by Crippen LogP contribution is -2.26. The minimum Gasteiger partial charge on any atom is -0.416 e. The molecule has 3 rings (SSSR count). The fourth-order valence-electron chi connectivity index (χ4n) is 2.28. The minimum atomic E-state index is 0. The van der Waals surface area contributed by atoms with Crippen molar-refractivity contribution >= 4 is 35.8 Å². The van der Waals surface area contributed by atoms with Crippen LogP contribution >= 0.6 is 35.8 Å². The zero-order valence-electron chi connectivity index (χ0n) is 11.4. The Morgan fingerprint density at radius 1 is 1.29 bits per heavy atom. The summed E-state index contributed by atoms with van der Waals surface area (Å²) in [5.74, 6) is 1.97. The second kappa shape index (κ2) is 8.03. The molecular formula is C14H17Cl2N3OS. The number of hydrogen-bond acceptors (Lipinski definition) is 5. The van der Waals surface area contributed by atoms with Gasteiger partial charge in [0.2, 0.25) is 5.89 Å². The van der Waals surface area contributed by atoms with Crippen molar-refractivity contribution in [1.82, 2.24) is 15.5 Å². The number of piperidine rings is 1. The fraction of sp³-hybridized carbons (Fsp3) is 0.429. The summed E-state index contributed by atoms with van der Waals surface area (Å²) in [6.45, 7) is 2.05. The van der Waals surface area contributed by atoms with Crippen molar-refractivity contribution in [2.75, 3.05) is 13.1 Å². The Balaban J connectivity index is 0.00000161. The van der Waals surface area contributed by atoms with Crippen LogP contribution in [0.3, 0.4) is 0 Å². The summed E-state index contributed by atoms with van der Waals surface area (Å²) in [6, 6.07) is 7.83. The van der Waals surface area contributed by atoms with E-state index in [1.807, 2.05) is 24.3 Å². The number of thioether (sulfide) groups is 1. The third-order valence-electron chi connectivity index (χ3n) is 3.36. The molecule has 0 unspecified atom stereocenters. The van der Waals surface area contributed by atoms with Gasteiger partial charge in [0, 0.05) is 16.7 Å². The van der Waals surface area contributed by atoms with Gasteiger partial charge in [-0.05, 0) is 43.6 Å². The maximum atomic E-state index is 5.97. The lowest BCUT2D eigenvalue weighted by Gasteiger charge is -2.18. The smallest absolute Gasteiger partial charge is 0.276 e. The van der Waals surface area contributed by atoms with Crippen molar-refractivity contribution in [1.29, 1.82) is 0 Å². The van der Waals surface area contributed by atoms with Crippen LogP contribution in [0, 0.1) is 0 Å². The first kappa shape index (κ1) is 16.6. The molecule has 0 atom stereocenters. The zero-order chi connectivity index (χ0) is 13.8. The molecule has 0 spiro atoms. The van der Waals surface area contributed by atoms with Crippen LogP contribution in [0.25, 0.3) is 0 Å². The molecule has 2 heterocycles. The van der Waals surface area contributed by atoms with Gasteiger partial charge in [0.05, 0.1) is 0 Å². The highest BCUT2D eigenvalue weighted by atomic mass is 35.5. The van der Waals surface area contributed by atoms with Crippen LogP contribution in [0.2, 0.25) is 5.02 Å². The minimum absolute atomic E-state index is 0. The second-order valence-electron chi connectivity index (χ2n) is 4.85. The molecule has 0 amide bonds. The molecule has 1 N–H and O–H groups in total. The quantitative estimate of drug-likeness (QED) is 0.851. The molecule has 1 aromatic heterocycles. The largest absolute Gasteiger partial charge is 0.416 e. The number of nitrogens with one attached hydrogen (secondary N) is 1. The van der Waals surface area contributed by atoms with E-state index in [0.717, 1.165) is 48.2 Å². The Labute approximate surface area is 139 Å². The van der Waals surface area contributed by atoms with Crippen LogP contribution in [-0.2, 0) is 5.75 Å². The summed E-state index contributed by atoms with van der Waals surface area (Å²) in [7, 11) is 0. The molecule has 114 valence electrons. The summed E-state index contributed by atoms with van der Waals surface area (Å²) in [6.07, 6.45) is 2.14. The van der Waals surface area contributed by atoms with E-state index in [4.69, 9.17) is 16.0 Å². The summed E-state index contributed by atoms with van der Waals surface area (Å²) in [5, 5.41) is 13.0. The van der Waals surface area contributed by atoms with Crippen LogP contribution < -0.4 is 5.32 Å². The standard InChI is InChI=1S/C14H16ClN3OS.ClH/c15-12-3-1-2-10(8-12)9-20-14-18-17-13(19-14)11-4-6-16-7-5-11;/h1-3,8,11,16H,4-7,9H2;1H. The second-order valence-corrected chi connectivity index (χ2v) is 6.21. The van der Waals surface area contributed by atoms with E-state index >= 15 is 0 Å². The van der Waals surface area contributed by atoms with Gasteiger partial charge in [-0.25, -0.2) is 0 Å². The van der Waals surface area contributed by atoms with Crippen molar-refractivity contribution in [3.05, 3.63) is 40.7 Å². The van der Waals surface area contributed by atoms with Gasteiger partial charge in [-0.15, -0.1) is 22.6 Å². The van der Waals surface area contributed by atoms with E-state index in [2.05, 4.69) is 15.5 Å². The average molecular weight is 346 g/mol. The number of rotatable bonds is 4. The van der Waals surface area contributed by atoms with E-state index in [1.54, 1.807) is 11.8 Å². The van der Waals surface area contributed by atoms with Gasteiger partial charge < -0.3 is 9.73 Å². The first-order chi connectivity index (χ1) is 9.81. The van der Waals surface area contributed by atoms with Gasteiger partial charge in [0.1, 0.15) is 0 Å². The Kier molecular flexibility index (Phi) is 6.36. The van der Waals surface area contributed by atoms with Gasteiger partial charge in [-0.3, -0.25) is 0 Å². The highest BCUT2D eigenvalue weighted by Gasteiger charge is 2.21. The number of hydrogen-bond donors (Lipinski definition) is 1. The van der Waals surface area contributed by atoms with Crippen LogP contribution in [0.1, 0.15) is 30.2 Å². The summed E-state index contributed by atoms with van der Waals surface area (Å²) in [4.78, 5) is 0. The van der Waals surface area contributed by atoms with E-state index in [0.29, 0.717) is 11.1 Å². The van der Waals surface area contributed by atoms with Gasteiger partial charge >= 0.3 is 0 Å². The molecule has 1 aliphatic rings. The Hall–Kier alpha value is -0.750. The molecule has 0 saturated carbocycles. The summed E-state index contributed by atoms with van der Waals surface area (Å²) in [5.41, 5.74) is 1.16. The van der Waals surface area contributed by atoms with Crippen LogP contribution in [0.5, 0.6) is 0 Å². The molecule has 21 heavy (non-hydrogen) atoms. The first-order valence-electron chi connectivity index (χ1n) is 6.72. The van der Waals surface area contributed by atoms with Gasteiger partial charge in [-0.2, -0.15) is 0 Å². The molecule has 1 aromatic carbocycles. The van der Waals surface area contributed by atoms with Crippen molar-refractivity contribution in [3.63, 3.8) is 0 Å². The molecule has 0 bridgehead atoms. The molecule has 1 aliphatic heterocycles. The lowest BCUT2D eigenvalue weighted by atomic mass is 9.98. The molecule has 0 aliphatic carbocycles. The van der Waals surface area contributed by atoms with Gasteiger partial charge in [-0.1, -0.05) is 35.5 Å². The molecule has 1 fully saturated rings. The van der Waals surface area contributed by atoms with Crippen LogP contribution in [0.15, 0.2) is 33.9 Å². The summed E-state index contributed by atoms with van der Waals surface area (Å²) < 4.78 is 5.76. The number of benzene rings is 1. The van der Waals surface area contributed by atoms with E-state index in [-0.39, 0.29) is 12.4 Å². The Morgan fingerprint density at radius 2 is 2.10 bits per heavy atom.